The number of fused-ring (bicyclic) bond motifs is 1. The molecule has 0 atom stereocenters. The first-order valence-corrected chi connectivity index (χ1v) is 9.29. The lowest BCUT2D eigenvalue weighted by atomic mass is 10.1. The molecule has 0 spiro atoms. The number of benzene rings is 2. The van der Waals surface area contributed by atoms with Crippen LogP contribution in [0.3, 0.4) is 0 Å². The topological polar surface area (TPSA) is 148 Å². The molecule has 32 heavy (non-hydrogen) atoms. The molecule has 0 N–H and O–H groups in total. The fourth-order valence-corrected chi connectivity index (χ4v) is 2.69. The Bertz CT molecular complexity index is 1170. The first kappa shape index (κ1) is 20.8. The van der Waals surface area contributed by atoms with E-state index in [-0.39, 0.29) is 30.9 Å². The molecule has 1 aliphatic heterocycles. The molecule has 0 fully saturated rings. The standard InChI is InChI=1S/C20H16N4O8/c1-12(14-4-7-16-17(8-14)30-11-29-16)23-31-10-19(25)28-9-18-21-22-20(32-18)13-2-5-15(6-3-13)24(26)27/h2-8H,9-11H2,1H3/b23-12+. The van der Waals surface area contributed by atoms with Crippen LogP contribution in [0.1, 0.15) is 18.4 Å². The Morgan fingerprint density at radius 1 is 1.16 bits per heavy atom. The number of esters is 1. The molecule has 0 amide bonds. The number of aromatic nitrogens is 2. The molecule has 12 nitrogen and oxygen atoms in total. The second-order valence-electron chi connectivity index (χ2n) is 6.48. The number of non-ortho nitro benzene ring substituents is 1. The van der Waals surface area contributed by atoms with Gasteiger partial charge in [0.15, 0.2) is 18.1 Å². The van der Waals surface area contributed by atoms with Gasteiger partial charge in [-0.1, -0.05) is 5.16 Å². The van der Waals surface area contributed by atoms with Gasteiger partial charge in [0.1, 0.15) is 0 Å². The van der Waals surface area contributed by atoms with E-state index in [0.29, 0.717) is 22.8 Å². The van der Waals surface area contributed by atoms with Gasteiger partial charge in [-0.15, -0.1) is 10.2 Å². The predicted octanol–water partition coefficient (Wildman–Crippen LogP) is 2.86. The number of ether oxygens (including phenoxy) is 3. The number of nitro groups is 1. The van der Waals surface area contributed by atoms with Crippen LogP contribution in [0.15, 0.2) is 52.0 Å². The van der Waals surface area contributed by atoms with Crippen LogP contribution >= 0.6 is 0 Å². The van der Waals surface area contributed by atoms with Crippen LogP contribution in [0.5, 0.6) is 11.5 Å². The Labute approximate surface area is 180 Å². The van der Waals surface area contributed by atoms with Crippen LogP contribution < -0.4 is 9.47 Å². The highest BCUT2D eigenvalue weighted by atomic mass is 16.7. The summed E-state index contributed by atoms with van der Waals surface area (Å²) in [7, 11) is 0. The van der Waals surface area contributed by atoms with Crippen molar-refractivity contribution in [2.24, 2.45) is 5.16 Å². The summed E-state index contributed by atoms with van der Waals surface area (Å²) in [5.41, 5.74) is 1.74. The fraction of sp³-hybridized carbons (Fsp3) is 0.200. The molecule has 164 valence electrons. The molecule has 12 heteroatoms. The first-order chi connectivity index (χ1) is 15.5. The molecule has 4 rings (SSSR count). The molecule has 0 unspecified atom stereocenters. The lowest BCUT2D eigenvalue weighted by Gasteiger charge is -2.04. The Kier molecular flexibility index (Phi) is 5.92. The van der Waals surface area contributed by atoms with Gasteiger partial charge >= 0.3 is 5.97 Å². The fourth-order valence-electron chi connectivity index (χ4n) is 2.69. The van der Waals surface area contributed by atoms with Crippen molar-refractivity contribution >= 4 is 17.4 Å². The zero-order chi connectivity index (χ0) is 22.5. The SMILES string of the molecule is C/C(=N\OCC(=O)OCc1nnc(-c2ccc([N+](=O)[O-])cc2)o1)c1ccc2c(c1)OCO2. The summed E-state index contributed by atoms with van der Waals surface area (Å²) in [5.74, 6) is 0.799. The average Bonchev–Trinajstić information content (AvgIpc) is 3.46. The van der Waals surface area contributed by atoms with E-state index in [1.165, 1.54) is 24.3 Å². The zero-order valence-electron chi connectivity index (χ0n) is 16.7. The van der Waals surface area contributed by atoms with E-state index in [0.717, 1.165) is 5.56 Å². The van der Waals surface area contributed by atoms with Crippen molar-refractivity contribution in [1.29, 1.82) is 0 Å². The molecule has 0 bridgehead atoms. The number of nitro benzene ring substituents is 1. The molecule has 2 aromatic carbocycles. The van der Waals surface area contributed by atoms with Crippen LogP contribution in [0, 0.1) is 10.1 Å². The van der Waals surface area contributed by atoms with Gasteiger partial charge in [0, 0.05) is 23.3 Å². The average molecular weight is 440 g/mol. The molecule has 0 saturated carbocycles. The highest BCUT2D eigenvalue weighted by Gasteiger charge is 2.15. The summed E-state index contributed by atoms with van der Waals surface area (Å²) in [5, 5.41) is 22.2. The van der Waals surface area contributed by atoms with Gasteiger partial charge in [0.25, 0.3) is 11.6 Å². The minimum Gasteiger partial charge on any atom is -0.454 e. The molecule has 0 radical (unpaired) electrons. The van der Waals surface area contributed by atoms with Crippen molar-refractivity contribution in [1.82, 2.24) is 10.2 Å². The third-order valence-electron chi connectivity index (χ3n) is 4.32. The van der Waals surface area contributed by atoms with Crippen LogP contribution in [-0.2, 0) is 21.0 Å². The van der Waals surface area contributed by atoms with Gasteiger partial charge in [-0.2, -0.15) is 0 Å². The van der Waals surface area contributed by atoms with Crippen LogP contribution in [0.25, 0.3) is 11.5 Å². The molecule has 1 aromatic heterocycles. The van der Waals surface area contributed by atoms with E-state index >= 15 is 0 Å². The third-order valence-corrected chi connectivity index (χ3v) is 4.32. The maximum absolute atomic E-state index is 11.9. The van der Waals surface area contributed by atoms with Gasteiger partial charge in [0.05, 0.1) is 10.6 Å². The number of hydrogen-bond donors (Lipinski definition) is 0. The van der Waals surface area contributed by atoms with Crippen molar-refractivity contribution in [2.45, 2.75) is 13.5 Å². The number of hydrogen-bond acceptors (Lipinski definition) is 11. The van der Waals surface area contributed by atoms with Crippen LogP contribution in [-0.4, -0.2) is 40.2 Å². The Morgan fingerprint density at radius 2 is 1.94 bits per heavy atom. The maximum atomic E-state index is 11.9. The second-order valence-corrected chi connectivity index (χ2v) is 6.48. The highest BCUT2D eigenvalue weighted by Crippen LogP contribution is 2.32. The number of carbonyl (C=O) groups excluding carboxylic acids is 1. The molecule has 0 aliphatic carbocycles. The molecular weight excluding hydrogens is 424 g/mol. The van der Waals surface area contributed by atoms with Crippen molar-refractivity contribution in [3.05, 3.63) is 64.0 Å². The monoisotopic (exact) mass is 440 g/mol. The molecular formula is C20H16N4O8. The summed E-state index contributed by atoms with van der Waals surface area (Å²) in [6.07, 6.45) is 0. The van der Waals surface area contributed by atoms with E-state index in [2.05, 4.69) is 15.4 Å². The van der Waals surface area contributed by atoms with Crippen molar-refractivity contribution in [3.63, 3.8) is 0 Å². The smallest absolute Gasteiger partial charge is 0.347 e. The van der Waals surface area contributed by atoms with Gasteiger partial charge in [-0.05, 0) is 37.3 Å². The minimum absolute atomic E-state index is 0.0566. The Balaban J connectivity index is 1.25. The van der Waals surface area contributed by atoms with Crippen molar-refractivity contribution in [3.8, 4) is 23.0 Å². The van der Waals surface area contributed by atoms with Crippen molar-refractivity contribution in [2.75, 3.05) is 13.4 Å². The van der Waals surface area contributed by atoms with Crippen LogP contribution in [0.4, 0.5) is 5.69 Å². The molecule has 0 saturated heterocycles. The van der Waals surface area contributed by atoms with Crippen LogP contribution in [0.2, 0.25) is 0 Å². The van der Waals surface area contributed by atoms with Crippen molar-refractivity contribution < 1.29 is 33.2 Å². The van der Waals surface area contributed by atoms with E-state index < -0.39 is 17.5 Å². The molecule has 2 heterocycles. The zero-order valence-corrected chi connectivity index (χ0v) is 16.7. The third kappa shape index (κ3) is 4.80. The minimum atomic E-state index is -0.678. The first-order valence-electron chi connectivity index (χ1n) is 9.29. The van der Waals surface area contributed by atoms with E-state index in [4.69, 9.17) is 23.5 Å². The number of oxime groups is 1. The summed E-state index contributed by atoms with van der Waals surface area (Å²) in [6, 6.07) is 10.9. The normalized spacial score (nSPS) is 12.5. The van der Waals surface area contributed by atoms with Gasteiger partial charge in [0.2, 0.25) is 19.3 Å². The predicted molar refractivity (Wildman–Crippen MR) is 107 cm³/mol. The molecule has 3 aromatic rings. The highest BCUT2D eigenvalue weighted by molar-refractivity contribution is 5.99. The van der Waals surface area contributed by atoms with E-state index in [9.17, 15) is 14.9 Å². The lowest BCUT2D eigenvalue weighted by Crippen LogP contribution is -2.11. The van der Waals surface area contributed by atoms with E-state index in [1.54, 1.807) is 25.1 Å². The Hall–Kier alpha value is -4.48. The van der Waals surface area contributed by atoms with Gasteiger partial charge in [-0.25, -0.2) is 4.79 Å². The summed E-state index contributed by atoms with van der Waals surface area (Å²) >= 11 is 0. The summed E-state index contributed by atoms with van der Waals surface area (Å²) in [6.45, 7) is 1.23. The van der Waals surface area contributed by atoms with E-state index in [1.807, 2.05) is 0 Å². The second kappa shape index (κ2) is 9.12. The molecule has 1 aliphatic rings. The largest absolute Gasteiger partial charge is 0.454 e. The Morgan fingerprint density at radius 3 is 2.72 bits per heavy atom. The number of carbonyl (C=O) groups is 1. The lowest BCUT2D eigenvalue weighted by molar-refractivity contribution is -0.384. The van der Waals surface area contributed by atoms with Gasteiger partial charge in [-0.3, -0.25) is 10.1 Å². The number of rotatable bonds is 8. The quantitative estimate of drug-likeness (QED) is 0.221. The van der Waals surface area contributed by atoms with Gasteiger partial charge < -0.3 is 23.5 Å². The summed E-state index contributed by atoms with van der Waals surface area (Å²) in [4.78, 5) is 27.1. The maximum Gasteiger partial charge on any atom is 0.347 e. The summed E-state index contributed by atoms with van der Waals surface area (Å²) < 4.78 is 21.0. The number of nitrogens with zero attached hydrogens (tertiary/aromatic N) is 4.